The van der Waals surface area contributed by atoms with E-state index in [4.69, 9.17) is 0 Å². The van der Waals surface area contributed by atoms with Gasteiger partial charge in [0.05, 0.1) is 0 Å². The normalized spacial score (nSPS) is 9.35. The van der Waals surface area contributed by atoms with Crippen molar-refractivity contribution in [2.45, 2.75) is 71.1 Å². The fourth-order valence-corrected chi connectivity index (χ4v) is 2.32. The number of rotatable bonds is 9. The smallest absolute Gasteiger partial charge is 0.343 e. The van der Waals surface area contributed by atoms with Gasteiger partial charge >= 0.3 is 29.6 Å². The minimum atomic E-state index is 0. The Kier molecular flexibility index (Phi) is 23.2. The molecule has 0 unspecified atom stereocenters. The molecule has 0 bridgehead atoms. The van der Waals surface area contributed by atoms with Crippen LogP contribution in [0, 0.1) is 10.5 Å². The van der Waals surface area contributed by atoms with Crippen molar-refractivity contribution in [1.29, 1.82) is 0 Å². The van der Waals surface area contributed by atoms with Crippen molar-refractivity contribution in [2.75, 3.05) is 0 Å². The average molecular weight is 396 g/mol. The molecule has 1 aromatic carbocycles. The summed E-state index contributed by atoms with van der Waals surface area (Å²) in [4.78, 5) is 0. The molecule has 0 spiro atoms. The van der Waals surface area contributed by atoms with E-state index in [1.807, 2.05) is 18.2 Å². The molecule has 0 fully saturated rings. The molecule has 110 valence electrons. The van der Waals surface area contributed by atoms with Crippen LogP contribution in [0.3, 0.4) is 0 Å². The first-order valence-electron chi connectivity index (χ1n) is 7.81. The van der Waals surface area contributed by atoms with E-state index in [-0.39, 0.29) is 29.6 Å². The van der Waals surface area contributed by atoms with E-state index >= 15 is 0 Å². The van der Waals surface area contributed by atoms with Crippen LogP contribution in [0.15, 0.2) is 30.3 Å². The van der Waals surface area contributed by atoms with Gasteiger partial charge in [0.1, 0.15) is 0 Å². The zero-order valence-corrected chi connectivity index (χ0v) is 17.7. The molecular weight excluding hydrogens is 366 g/mol. The van der Waals surface area contributed by atoms with Gasteiger partial charge in [0.2, 0.25) is 0 Å². The van der Waals surface area contributed by atoms with Crippen molar-refractivity contribution in [2.24, 2.45) is 0 Å². The second-order valence-electron chi connectivity index (χ2n) is 4.98. The summed E-state index contributed by atoms with van der Waals surface area (Å²) in [5.41, 5.74) is 0. The van der Waals surface area contributed by atoms with E-state index in [0.29, 0.717) is 0 Å². The molecule has 1 rings (SSSR count). The largest absolute Gasteiger partial charge is 1.00 e. The van der Waals surface area contributed by atoms with Crippen LogP contribution in [-0.4, -0.2) is 0 Å². The number of hydrogen-bond acceptors (Lipinski definition) is 0. The minimum Gasteiger partial charge on any atom is -0.343 e. The first-order valence-corrected chi connectivity index (χ1v) is 8.89. The predicted molar refractivity (Wildman–Crippen MR) is 96.4 cm³/mol. The third kappa shape index (κ3) is 18.9. The molecule has 0 saturated carbocycles. The standard InChI is InChI=1S/C12H25.C6H5I.Na/c1-3-5-7-9-11-12-10-8-6-4-2;7-6-4-2-1-3-5-6;/h1,3-12H2,2H3;1-5H;/q-1;;+1. The minimum absolute atomic E-state index is 0. The SMILES string of the molecule is Ic1ccccc1.[CH2-]CCCCCCCCCCC.[Na+]. The summed E-state index contributed by atoms with van der Waals surface area (Å²) in [7, 11) is 0. The molecule has 0 atom stereocenters. The van der Waals surface area contributed by atoms with Crippen molar-refractivity contribution in [3.63, 3.8) is 0 Å². The van der Waals surface area contributed by atoms with E-state index in [1.54, 1.807) is 0 Å². The van der Waals surface area contributed by atoms with Crippen molar-refractivity contribution in [3.05, 3.63) is 40.8 Å². The quantitative estimate of drug-likeness (QED) is 0.256. The summed E-state index contributed by atoms with van der Waals surface area (Å²) in [6, 6.07) is 10.2. The molecule has 0 N–H and O–H groups in total. The molecule has 0 heterocycles. The summed E-state index contributed by atoms with van der Waals surface area (Å²) in [5.74, 6) is 0. The van der Waals surface area contributed by atoms with Gasteiger partial charge in [-0.05, 0) is 34.7 Å². The molecule has 20 heavy (non-hydrogen) atoms. The Bertz CT molecular complexity index is 251. The van der Waals surface area contributed by atoms with Gasteiger partial charge < -0.3 is 6.92 Å². The van der Waals surface area contributed by atoms with E-state index in [2.05, 4.69) is 48.6 Å². The van der Waals surface area contributed by atoms with E-state index in [1.165, 1.54) is 61.4 Å². The maximum atomic E-state index is 3.84. The van der Waals surface area contributed by atoms with Crippen molar-refractivity contribution in [1.82, 2.24) is 0 Å². The topological polar surface area (TPSA) is 0 Å². The maximum absolute atomic E-state index is 3.84. The van der Waals surface area contributed by atoms with Crippen LogP contribution in [0.5, 0.6) is 0 Å². The molecular formula is C18H30INa. The number of benzene rings is 1. The second kappa shape index (κ2) is 19.9. The molecule has 0 aromatic heterocycles. The summed E-state index contributed by atoms with van der Waals surface area (Å²) >= 11 is 2.28. The Morgan fingerprint density at radius 1 is 0.800 bits per heavy atom. The third-order valence-electron chi connectivity index (χ3n) is 3.09. The van der Waals surface area contributed by atoms with Gasteiger partial charge in [-0.15, -0.1) is 0 Å². The van der Waals surface area contributed by atoms with Crippen LogP contribution < -0.4 is 29.6 Å². The zero-order valence-electron chi connectivity index (χ0n) is 13.5. The van der Waals surface area contributed by atoms with Gasteiger partial charge in [-0.1, -0.05) is 82.9 Å². The Morgan fingerprint density at radius 2 is 1.25 bits per heavy atom. The molecule has 0 amide bonds. The van der Waals surface area contributed by atoms with E-state index in [0.717, 1.165) is 6.42 Å². The van der Waals surface area contributed by atoms with Crippen LogP contribution >= 0.6 is 22.6 Å². The van der Waals surface area contributed by atoms with Gasteiger partial charge in [0.25, 0.3) is 0 Å². The van der Waals surface area contributed by atoms with Gasteiger partial charge in [0, 0.05) is 3.57 Å². The summed E-state index contributed by atoms with van der Waals surface area (Å²) in [6.45, 7) is 6.12. The summed E-state index contributed by atoms with van der Waals surface area (Å²) < 4.78 is 1.29. The molecule has 0 nitrogen and oxygen atoms in total. The molecule has 0 aliphatic heterocycles. The van der Waals surface area contributed by atoms with Crippen LogP contribution in [0.4, 0.5) is 0 Å². The predicted octanol–water partition coefficient (Wildman–Crippen LogP) is 4.04. The molecule has 2 heteroatoms. The van der Waals surface area contributed by atoms with E-state index < -0.39 is 0 Å². The summed E-state index contributed by atoms with van der Waals surface area (Å²) in [6.07, 6.45) is 13.9. The second-order valence-corrected chi connectivity index (χ2v) is 6.22. The molecule has 0 radical (unpaired) electrons. The number of unbranched alkanes of at least 4 members (excludes halogenated alkanes) is 9. The third-order valence-corrected chi connectivity index (χ3v) is 3.81. The fraction of sp³-hybridized carbons (Fsp3) is 0.611. The van der Waals surface area contributed by atoms with Crippen LogP contribution in [-0.2, 0) is 0 Å². The maximum Gasteiger partial charge on any atom is 1.00 e. The Labute approximate surface area is 162 Å². The Hall–Kier alpha value is 0.950. The van der Waals surface area contributed by atoms with E-state index in [9.17, 15) is 0 Å². The number of hydrogen-bond donors (Lipinski definition) is 0. The Morgan fingerprint density at radius 3 is 1.60 bits per heavy atom. The van der Waals surface area contributed by atoms with Crippen molar-refractivity contribution < 1.29 is 29.6 Å². The van der Waals surface area contributed by atoms with Gasteiger partial charge in [0.15, 0.2) is 0 Å². The van der Waals surface area contributed by atoms with Crippen molar-refractivity contribution in [3.8, 4) is 0 Å². The van der Waals surface area contributed by atoms with Crippen LogP contribution in [0.2, 0.25) is 0 Å². The Balaban J connectivity index is 0. The molecule has 1 aromatic rings. The first kappa shape index (κ1) is 23.2. The van der Waals surface area contributed by atoms with Gasteiger partial charge in [-0.2, -0.15) is 6.42 Å². The monoisotopic (exact) mass is 396 g/mol. The zero-order chi connectivity index (χ0) is 14.2. The van der Waals surface area contributed by atoms with Crippen LogP contribution in [0.1, 0.15) is 71.1 Å². The number of halogens is 1. The van der Waals surface area contributed by atoms with Crippen molar-refractivity contribution >= 4 is 22.6 Å². The molecule has 0 saturated heterocycles. The van der Waals surface area contributed by atoms with Crippen LogP contribution in [0.25, 0.3) is 0 Å². The average Bonchev–Trinajstić information content (AvgIpc) is 2.43. The first-order chi connectivity index (χ1) is 9.31. The fourth-order valence-electron chi connectivity index (χ4n) is 1.90. The molecule has 0 aliphatic carbocycles. The van der Waals surface area contributed by atoms with Gasteiger partial charge in [-0.25, -0.2) is 0 Å². The summed E-state index contributed by atoms with van der Waals surface area (Å²) in [5, 5.41) is 0. The molecule has 0 aliphatic rings. The van der Waals surface area contributed by atoms with Gasteiger partial charge in [-0.3, -0.25) is 0 Å².